The van der Waals surface area contributed by atoms with Gasteiger partial charge in [-0.25, -0.2) is 4.98 Å². The van der Waals surface area contributed by atoms with Crippen molar-refractivity contribution in [1.82, 2.24) is 19.3 Å². The van der Waals surface area contributed by atoms with Crippen LogP contribution in [0.3, 0.4) is 0 Å². The van der Waals surface area contributed by atoms with Crippen LogP contribution in [0.25, 0.3) is 22.3 Å². The predicted octanol–water partition coefficient (Wildman–Crippen LogP) is 4.03. The number of rotatable bonds is 5. The van der Waals surface area contributed by atoms with Gasteiger partial charge in [0.15, 0.2) is 5.82 Å². The summed E-state index contributed by atoms with van der Waals surface area (Å²) in [7, 11) is 0. The quantitative estimate of drug-likeness (QED) is 0.519. The van der Waals surface area contributed by atoms with Gasteiger partial charge in [-0.1, -0.05) is 12.1 Å². The minimum absolute atomic E-state index is 0.152. The molecule has 6 nitrogen and oxygen atoms in total. The smallest absolute Gasteiger partial charge is 0.282 e. The lowest BCUT2D eigenvalue weighted by Crippen LogP contribution is -2.22. The minimum atomic E-state index is -0.152. The lowest BCUT2D eigenvalue weighted by Gasteiger charge is -2.22. The van der Waals surface area contributed by atoms with Crippen LogP contribution in [0.4, 0.5) is 5.69 Å². The number of nitrogens with zero attached hydrogens (tertiary/aromatic N) is 5. The molecule has 0 fully saturated rings. The molecule has 0 aliphatic rings. The minimum Gasteiger partial charge on any atom is -0.372 e. The summed E-state index contributed by atoms with van der Waals surface area (Å²) >= 11 is 0. The number of hydrogen-bond acceptors (Lipinski definition) is 4. The summed E-state index contributed by atoms with van der Waals surface area (Å²) in [6.07, 6.45) is 3.42. The van der Waals surface area contributed by atoms with Gasteiger partial charge in [0.2, 0.25) is 0 Å². The first-order valence-corrected chi connectivity index (χ1v) is 9.93. The number of hydrogen-bond donors (Lipinski definition) is 0. The highest BCUT2D eigenvalue weighted by molar-refractivity contribution is 5.88. The van der Waals surface area contributed by atoms with Crippen LogP contribution in [0.5, 0.6) is 0 Å². The highest BCUT2D eigenvalue weighted by Gasteiger charge is 2.18. The van der Waals surface area contributed by atoms with Crippen LogP contribution >= 0.6 is 0 Å². The molecule has 148 valence electrons. The van der Waals surface area contributed by atoms with Crippen molar-refractivity contribution < 1.29 is 0 Å². The Kier molecular flexibility index (Phi) is 4.92. The number of benzene rings is 1. The van der Waals surface area contributed by atoms with Gasteiger partial charge < -0.3 is 9.47 Å². The fourth-order valence-electron chi connectivity index (χ4n) is 4.01. The summed E-state index contributed by atoms with van der Waals surface area (Å²) < 4.78 is 3.51. The molecule has 0 amide bonds. The molecule has 4 aromatic rings. The van der Waals surface area contributed by atoms with Crippen LogP contribution < -0.4 is 10.5 Å². The maximum atomic E-state index is 13.3. The van der Waals surface area contributed by atoms with Crippen LogP contribution in [0.2, 0.25) is 0 Å². The topological polar surface area (TPSA) is 56.0 Å². The van der Waals surface area contributed by atoms with Crippen LogP contribution in [-0.4, -0.2) is 32.4 Å². The molecule has 0 radical (unpaired) electrons. The molecule has 0 spiro atoms. The lowest BCUT2D eigenvalue weighted by molar-refractivity contribution is 0.794. The van der Waals surface area contributed by atoms with Crippen molar-refractivity contribution in [2.45, 2.75) is 27.7 Å². The Bertz CT molecular complexity index is 1220. The molecule has 4 rings (SSSR count). The van der Waals surface area contributed by atoms with Crippen molar-refractivity contribution in [2.75, 3.05) is 18.0 Å². The average molecular weight is 387 g/mol. The average Bonchev–Trinajstić information content (AvgIpc) is 3.01. The van der Waals surface area contributed by atoms with Gasteiger partial charge in [-0.2, -0.15) is 9.78 Å². The van der Waals surface area contributed by atoms with E-state index in [1.807, 2.05) is 26.0 Å². The van der Waals surface area contributed by atoms with E-state index in [1.165, 1.54) is 10.4 Å². The third kappa shape index (κ3) is 3.10. The molecule has 0 bridgehead atoms. The normalized spacial score (nSPS) is 11.2. The van der Waals surface area contributed by atoms with E-state index in [2.05, 4.69) is 57.7 Å². The van der Waals surface area contributed by atoms with E-state index >= 15 is 0 Å². The Morgan fingerprint density at radius 3 is 2.48 bits per heavy atom. The largest absolute Gasteiger partial charge is 0.372 e. The Balaban J connectivity index is 1.93. The van der Waals surface area contributed by atoms with E-state index in [-0.39, 0.29) is 5.56 Å². The van der Waals surface area contributed by atoms with Gasteiger partial charge in [-0.3, -0.25) is 4.79 Å². The third-order valence-corrected chi connectivity index (χ3v) is 5.48. The van der Waals surface area contributed by atoms with Gasteiger partial charge in [0, 0.05) is 47.4 Å². The summed E-state index contributed by atoms with van der Waals surface area (Å²) in [6, 6.07) is 13.9. The summed E-state index contributed by atoms with van der Waals surface area (Å²) in [5.41, 5.74) is 3.98. The molecule has 3 heterocycles. The molecule has 3 aromatic heterocycles. The maximum Gasteiger partial charge on any atom is 0.282 e. The molecule has 6 heteroatoms. The summed E-state index contributed by atoms with van der Waals surface area (Å²) in [6.45, 7) is 10.2. The van der Waals surface area contributed by atoms with E-state index in [0.29, 0.717) is 11.2 Å². The molecule has 0 aliphatic heterocycles. The second-order valence-electron chi connectivity index (χ2n) is 7.04. The fourth-order valence-corrected chi connectivity index (χ4v) is 4.01. The second kappa shape index (κ2) is 7.54. The van der Waals surface area contributed by atoms with Crippen LogP contribution in [0.1, 0.15) is 25.2 Å². The zero-order chi connectivity index (χ0) is 20.5. The molecule has 0 aliphatic carbocycles. The number of aryl methyl sites for hydroxylation is 2. The van der Waals surface area contributed by atoms with E-state index in [0.717, 1.165) is 35.6 Å². The molecular weight excluding hydrogens is 362 g/mol. The summed E-state index contributed by atoms with van der Waals surface area (Å²) in [5, 5.41) is 5.92. The van der Waals surface area contributed by atoms with Crippen molar-refractivity contribution >= 4 is 16.5 Å². The zero-order valence-corrected chi connectivity index (χ0v) is 17.3. The molecule has 29 heavy (non-hydrogen) atoms. The van der Waals surface area contributed by atoms with Gasteiger partial charge in [-0.15, -0.1) is 0 Å². The van der Waals surface area contributed by atoms with E-state index < -0.39 is 0 Å². The number of aromatic nitrogens is 4. The highest BCUT2D eigenvalue weighted by atomic mass is 16.1. The van der Waals surface area contributed by atoms with Crippen LogP contribution in [-0.2, 0) is 0 Å². The molecule has 0 N–H and O–H groups in total. The first-order chi connectivity index (χ1) is 14.1. The van der Waals surface area contributed by atoms with Crippen LogP contribution in [0, 0.1) is 13.8 Å². The fraction of sp³-hybridized carbons (Fsp3) is 0.261. The number of anilines is 1. The van der Waals surface area contributed by atoms with Crippen molar-refractivity contribution in [3.8, 4) is 11.5 Å². The number of fused-ring (bicyclic) bond motifs is 1. The van der Waals surface area contributed by atoms with Crippen molar-refractivity contribution in [3.63, 3.8) is 0 Å². The molecule has 0 atom stereocenters. The van der Waals surface area contributed by atoms with Gasteiger partial charge in [0.1, 0.15) is 0 Å². The van der Waals surface area contributed by atoms with E-state index in [1.54, 1.807) is 18.5 Å². The second-order valence-corrected chi connectivity index (χ2v) is 7.04. The standard InChI is InChI=1S/C23H25N5O/c1-5-26(6-2)18-10-9-11-19(14-18)27-16(3)20-15-25-28(21-12-7-8-13-24-21)23(29)22(20)17(27)4/h7-15H,5-6H2,1-4H3. The van der Waals surface area contributed by atoms with Crippen molar-refractivity contribution in [3.05, 3.63) is 76.6 Å². The monoisotopic (exact) mass is 387 g/mol. The first-order valence-electron chi connectivity index (χ1n) is 9.93. The van der Waals surface area contributed by atoms with Crippen molar-refractivity contribution in [1.29, 1.82) is 0 Å². The molecular formula is C23H25N5O. The van der Waals surface area contributed by atoms with Gasteiger partial charge >= 0.3 is 0 Å². The molecule has 0 saturated heterocycles. The lowest BCUT2D eigenvalue weighted by atomic mass is 10.2. The third-order valence-electron chi connectivity index (χ3n) is 5.48. The van der Waals surface area contributed by atoms with E-state index in [4.69, 9.17) is 0 Å². The first kappa shape index (κ1) is 18.9. The molecule has 1 aromatic carbocycles. The van der Waals surface area contributed by atoms with Crippen molar-refractivity contribution in [2.24, 2.45) is 0 Å². The predicted molar refractivity (Wildman–Crippen MR) is 117 cm³/mol. The van der Waals surface area contributed by atoms with E-state index in [9.17, 15) is 4.79 Å². The Morgan fingerprint density at radius 1 is 1.00 bits per heavy atom. The molecule has 0 saturated carbocycles. The van der Waals surface area contributed by atoms with Crippen LogP contribution in [0.15, 0.2) is 59.7 Å². The number of pyridine rings is 1. The maximum absolute atomic E-state index is 13.3. The molecule has 0 unspecified atom stereocenters. The highest BCUT2D eigenvalue weighted by Crippen LogP contribution is 2.28. The summed E-state index contributed by atoms with van der Waals surface area (Å²) in [4.78, 5) is 19.8. The zero-order valence-electron chi connectivity index (χ0n) is 17.3. The van der Waals surface area contributed by atoms with Gasteiger partial charge in [0.25, 0.3) is 5.56 Å². The summed E-state index contributed by atoms with van der Waals surface area (Å²) in [5.74, 6) is 0.521. The van der Waals surface area contributed by atoms with Gasteiger partial charge in [0.05, 0.1) is 11.6 Å². The van der Waals surface area contributed by atoms with Gasteiger partial charge in [-0.05, 0) is 58.0 Å². The Labute approximate surface area is 170 Å². The SMILES string of the molecule is CCN(CC)c1cccc(-n2c(C)c3cnn(-c4ccccn4)c(=O)c3c2C)c1. The Hall–Kier alpha value is -3.41. The Morgan fingerprint density at radius 2 is 1.79 bits per heavy atom.